The highest BCUT2D eigenvalue weighted by atomic mass is 35.5. The highest BCUT2D eigenvalue weighted by Crippen LogP contribution is 2.35. The molecule has 1 unspecified atom stereocenters. The lowest BCUT2D eigenvalue weighted by molar-refractivity contribution is -0.137. The van der Waals surface area contributed by atoms with Gasteiger partial charge in [0.25, 0.3) is 0 Å². The molecule has 0 heterocycles. The van der Waals surface area contributed by atoms with E-state index < -0.39 is 11.7 Å². The average molecular weight is 328 g/mol. The molecule has 0 radical (unpaired) electrons. The Kier molecular flexibility index (Phi) is 7.15. The molecule has 1 atom stereocenters. The zero-order chi connectivity index (χ0) is 15.2. The number of aliphatic hydroxyl groups excluding tert-OH is 1. The van der Waals surface area contributed by atoms with Gasteiger partial charge in [0.05, 0.1) is 10.6 Å². The van der Waals surface area contributed by atoms with Gasteiger partial charge in [0.1, 0.15) is 0 Å². The molecule has 1 aromatic rings. The summed E-state index contributed by atoms with van der Waals surface area (Å²) in [7, 11) is 0. The third-order valence-corrected chi connectivity index (χ3v) is 3.84. The van der Waals surface area contributed by atoms with Crippen LogP contribution in [0.3, 0.4) is 0 Å². The second-order valence-corrected chi connectivity index (χ2v) is 5.68. The molecular formula is C13H17ClF3NOS. The minimum absolute atomic E-state index is 0.0483. The molecule has 0 amide bonds. The van der Waals surface area contributed by atoms with E-state index in [1.54, 1.807) is 17.8 Å². The first-order valence-electron chi connectivity index (χ1n) is 6.07. The van der Waals surface area contributed by atoms with Crippen LogP contribution in [0.25, 0.3) is 0 Å². The summed E-state index contributed by atoms with van der Waals surface area (Å²) in [5, 5.41) is 11.8. The second kappa shape index (κ2) is 8.12. The Morgan fingerprint density at radius 3 is 2.65 bits per heavy atom. The fourth-order valence-corrected chi connectivity index (χ4v) is 2.67. The highest BCUT2D eigenvalue weighted by molar-refractivity contribution is 7.98. The Hall–Kier alpha value is -0.430. The summed E-state index contributed by atoms with van der Waals surface area (Å²) in [5.41, 5.74) is -0.298. The number of aliphatic hydroxyl groups is 1. The van der Waals surface area contributed by atoms with E-state index in [1.807, 2.05) is 6.26 Å². The standard InChI is InChI=1S/C13H17ClF3NOS/c1-20-8-10(4-5-19)18-7-9-2-3-12(14)11(6-9)13(15,16)17/h2-3,6,10,18-19H,4-5,7-8H2,1H3. The predicted octanol–water partition coefficient (Wildman–Crippen LogP) is 3.56. The van der Waals surface area contributed by atoms with E-state index in [0.29, 0.717) is 18.5 Å². The van der Waals surface area contributed by atoms with Gasteiger partial charge in [-0.15, -0.1) is 0 Å². The van der Waals surface area contributed by atoms with Crippen molar-refractivity contribution in [3.05, 3.63) is 34.3 Å². The van der Waals surface area contributed by atoms with Crippen molar-refractivity contribution < 1.29 is 18.3 Å². The molecule has 1 rings (SSSR count). The van der Waals surface area contributed by atoms with Crippen molar-refractivity contribution in [1.82, 2.24) is 5.32 Å². The minimum Gasteiger partial charge on any atom is -0.396 e. The van der Waals surface area contributed by atoms with Crippen molar-refractivity contribution >= 4 is 23.4 Å². The fourth-order valence-electron chi connectivity index (χ4n) is 1.76. The van der Waals surface area contributed by atoms with Gasteiger partial charge >= 0.3 is 6.18 Å². The molecule has 0 aromatic heterocycles. The van der Waals surface area contributed by atoms with Crippen LogP contribution in [0.2, 0.25) is 5.02 Å². The monoisotopic (exact) mass is 327 g/mol. The van der Waals surface area contributed by atoms with E-state index in [2.05, 4.69) is 5.32 Å². The summed E-state index contributed by atoms with van der Waals surface area (Å²) in [4.78, 5) is 0. The van der Waals surface area contributed by atoms with Crippen molar-refractivity contribution in [3.8, 4) is 0 Å². The van der Waals surface area contributed by atoms with Gasteiger partial charge in [-0.25, -0.2) is 0 Å². The summed E-state index contributed by atoms with van der Waals surface area (Å²) in [6, 6.07) is 3.96. The van der Waals surface area contributed by atoms with Crippen LogP contribution in [0.5, 0.6) is 0 Å². The Morgan fingerprint density at radius 2 is 2.10 bits per heavy atom. The maximum Gasteiger partial charge on any atom is 0.417 e. The molecule has 0 aliphatic carbocycles. The van der Waals surface area contributed by atoms with E-state index in [0.717, 1.165) is 11.8 Å². The van der Waals surface area contributed by atoms with Crippen molar-refractivity contribution in [1.29, 1.82) is 0 Å². The molecule has 0 spiro atoms. The molecular weight excluding hydrogens is 311 g/mol. The lowest BCUT2D eigenvalue weighted by Gasteiger charge is -2.17. The van der Waals surface area contributed by atoms with Crippen molar-refractivity contribution in [3.63, 3.8) is 0 Å². The summed E-state index contributed by atoms with van der Waals surface area (Å²) in [6.07, 6.45) is -1.94. The summed E-state index contributed by atoms with van der Waals surface area (Å²) in [5.74, 6) is 0.792. The van der Waals surface area contributed by atoms with Gasteiger partial charge in [-0.2, -0.15) is 24.9 Å². The van der Waals surface area contributed by atoms with Crippen LogP contribution >= 0.6 is 23.4 Å². The second-order valence-electron chi connectivity index (χ2n) is 4.36. The van der Waals surface area contributed by atoms with Gasteiger partial charge in [-0.05, 0) is 30.4 Å². The molecule has 114 valence electrons. The normalized spacial score (nSPS) is 13.5. The first kappa shape index (κ1) is 17.6. The van der Waals surface area contributed by atoms with E-state index in [-0.39, 0.29) is 17.7 Å². The maximum absolute atomic E-state index is 12.7. The van der Waals surface area contributed by atoms with Gasteiger partial charge in [0.15, 0.2) is 0 Å². The van der Waals surface area contributed by atoms with E-state index in [4.69, 9.17) is 16.7 Å². The van der Waals surface area contributed by atoms with Gasteiger partial charge in [0, 0.05) is 24.9 Å². The molecule has 0 fully saturated rings. The van der Waals surface area contributed by atoms with Crippen LogP contribution in [0.1, 0.15) is 17.5 Å². The lowest BCUT2D eigenvalue weighted by Crippen LogP contribution is -2.31. The molecule has 1 aromatic carbocycles. The molecule has 2 N–H and O–H groups in total. The number of hydrogen-bond donors (Lipinski definition) is 2. The average Bonchev–Trinajstić information content (AvgIpc) is 2.36. The van der Waals surface area contributed by atoms with Crippen LogP contribution in [-0.2, 0) is 12.7 Å². The quantitative estimate of drug-likeness (QED) is 0.803. The largest absolute Gasteiger partial charge is 0.417 e. The van der Waals surface area contributed by atoms with Crippen LogP contribution in [-0.4, -0.2) is 29.8 Å². The summed E-state index contributed by atoms with van der Waals surface area (Å²) < 4.78 is 38.2. The Labute approximate surface area is 125 Å². The SMILES string of the molecule is CSCC(CCO)NCc1ccc(Cl)c(C(F)(F)F)c1. The van der Waals surface area contributed by atoms with Gasteiger partial charge in [-0.3, -0.25) is 0 Å². The number of hydrogen-bond acceptors (Lipinski definition) is 3. The van der Waals surface area contributed by atoms with Crippen LogP contribution in [0.15, 0.2) is 18.2 Å². The third kappa shape index (κ3) is 5.52. The molecule has 0 saturated carbocycles. The fraction of sp³-hybridized carbons (Fsp3) is 0.538. The van der Waals surface area contributed by atoms with E-state index in [1.165, 1.54) is 6.07 Å². The number of rotatable bonds is 7. The molecule has 0 aliphatic heterocycles. The van der Waals surface area contributed by atoms with Gasteiger partial charge in [0.2, 0.25) is 0 Å². The zero-order valence-electron chi connectivity index (χ0n) is 11.0. The lowest BCUT2D eigenvalue weighted by atomic mass is 10.1. The molecule has 7 heteroatoms. The zero-order valence-corrected chi connectivity index (χ0v) is 12.6. The molecule has 0 saturated heterocycles. The number of benzene rings is 1. The Morgan fingerprint density at radius 1 is 1.40 bits per heavy atom. The minimum atomic E-state index is -4.45. The van der Waals surface area contributed by atoms with Crippen molar-refractivity contribution in [2.24, 2.45) is 0 Å². The first-order chi connectivity index (χ1) is 9.38. The number of nitrogens with one attached hydrogen (secondary N) is 1. The number of thioether (sulfide) groups is 1. The number of halogens is 4. The smallest absolute Gasteiger partial charge is 0.396 e. The van der Waals surface area contributed by atoms with Crippen LogP contribution in [0.4, 0.5) is 13.2 Å². The molecule has 0 bridgehead atoms. The van der Waals surface area contributed by atoms with Crippen LogP contribution < -0.4 is 5.32 Å². The summed E-state index contributed by atoms with van der Waals surface area (Å²) in [6.45, 7) is 0.359. The maximum atomic E-state index is 12.7. The third-order valence-electron chi connectivity index (χ3n) is 2.78. The molecule has 20 heavy (non-hydrogen) atoms. The summed E-state index contributed by atoms with van der Waals surface area (Å²) >= 11 is 7.19. The van der Waals surface area contributed by atoms with Gasteiger partial charge < -0.3 is 10.4 Å². The van der Waals surface area contributed by atoms with E-state index >= 15 is 0 Å². The van der Waals surface area contributed by atoms with Crippen LogP contribution in [0, 0.1) is 0 Å². The van der Waals surface area contributed by atoms with Crippen molar-refractivity contribution in [2.45, 2.75) is 25.2 Å². The topological polar surface area (TPSA) is 32.3 Å². The van der Waals surface area contributed by atoms with Crippen molar-refractivity contribution in [2.75, 3.05) is 18.6 Å². The highest BCUT2D eigenvalue weighted by Gasteiger charge is 2.33. The molecule has 0 aliphatic rings. The Balaban J connectivity index is 2.73. The first-order valence-corrected chi connectivity index (χ1v) is 7.84. The predicted molar refractivity (Wildman–Crippen MR) is 77.2 cm³/mol. The number of alkyl halides is 3. The molecule has 2 nitrogen and oxygen atoms in total. The van der Waals surface area contributed by atoms with E-state index in [9.17, 15) is 13.2 Å². The van der Waals surface area contributed by atoms with Gasteiger partial charge in [-0.1, -0.05) is 17.7 Å². The Bertz CT molecular complexity index is 423.